The van der Waals surface area contributed by atoms with E-state index in [-0.39, 0.29) is 12.6 Å². The Morgan fingerprint density at radius 3 is 3.28 bits per heavy atom. The smallest absolute Gasteiger partial charge is 0.311 e. The zero-order valence-electron chi connectivity index (χ0n) is 9.35. The molecule has 8 heteroatoms. The molecule has 18 heavy (non-hydrogen) atoms. The Balaban J connectivity index is 1.88. The summed E-state index contributed by atoms with van der Waals surface area (Å²) in [6.45, 7) is 0.552. The van der Waals surface area contributed by atoms with Gasteiger partial charge in [-0.3, -0.25) is 9.20 Å². The summed E-state index contributed by atoms with van der Waals surface area (Å²) in [5, 5.41) is 19.8. The average Bonchev–Trinajstić information content (AvgIpc) is 2.96. The number of nitrogens with one attached hydrogen (secondary N) is 1. The Morgan fingerprint density at radius 2 is 2.44 bits per heavy atom. The van der Waals surface area contributed by atoms with Gasteiger partial charge in [0.15, 0.2) is 5.82 Å². The van der Waals surface area contributed by atoms with Crippen molar-refractivity contribution in [2.24, 2.45) is 5.92 Å². The van der Waals surface area contributed by atoms with Gasteiger partial charge in [0.2, 0.25) is 5.65 Å². The van der Waals surface area contributed by atoms with Gasteiger partial charge in [-0.05, 0) is 0 Å². The van der Waals surface area contributed by atoms with Crippen LogP contribution in [0.4, 0.5) is 5.82 Å². The summed E-state index contributed by atoms with van der Waals surface area (Å²) < 4.78 is 6.89. The monoisotopic (exact) mass is 249 g/mol. The van der Waals surface area contributed by atoms with Crippen molar-refractivity contribution >= 4 is 17.4 Å². The number of aromatic nitrogens is 4. The number of carbonyl (C=O) groups is 1. The highest BCUT2D eigenvalue weighted by Crippen LogP contribution is 2.20. The van der Waals surface area contributed by atoms with Crippen LogP contribution in [0.25, 0.3) is 5.65 Å². The lowest BCUT2D eigenvalue weighted by Gasteiger charge is -2.16. The molecule has 2 aromatic rings. The molecule has 3 rings (SSSR count). The molecule has 2 unspecified atom stereocenters. The van der Waals surface area contributed by atoms with Gasteiger partial charge < -0.3 is 15.2 Å². The number of anilines is 1. The van der Waals surface area contributed by atoms with Crippen LogP contribution in [-0.2, 0) is 9.53 Å². The molecule has 1 aliphatic rings. The first-order valence-electron chi connectivity index (χ1n) is 5.47. The molecule has 0 spiro atoms. The summed E-state index contributed by atoms with van der Waals surface area (Å²) in [6.07, 6.45) is 4.88. The molecular weight excluding hydrogens is 238 g/mol. The minimum atomic E-state index is -0.876. The first kappa shape index (κ1) is 10.9. The fraction of sp³-hybridized carbons (Fsp3) is 0.400. The topological polar surface area (TPSA) is 102 Å². The number of aliphatic carboxylic acids is 1. The van der Waals surface area contributed by atoms with Gasteiger partial charge >= 0.3 is 5.97 Å². The predicted molar refractivity (Wildman–Crippen MR) is 60.1 cm³/mol. The third-order valence-electron chi connectivity index (χ3n) is 2.94. The van der Waals surface area contributed by atoms with Crippen molar-refractivity contribution in [2.45, 2.75) is 6.04 Å². The number of rotatable bonds is 3. The molecule has 1 saturated heterocycles. The molecule has 2 aromatic heterocycles. The van der Waals surface area contributed by atoms with Gasteiger partial charge in [0.1, 0.15) is 12.2 Å². The van der Waals surface area contributed by atoms with Crippen LogP contribution in [0.3, 0.4) is 0 Å². The van der Waals surface area contributed by atoms with Gasteiger partial charge in [0.25, 0.3) is 0 Å². The predicted octanol–water partition coefficient (Wildman–Crippen LogP) is -0.364. The van der Waals surface area contributed by atoms with E-state index in [1.54, 1.807) is 23.1 Å². The fourth-order valence-electron chi connectivity index (χ4n) is 1.98. The zero-order valence-corrected chi connectivity index (χ0v) is 9.35. The van der Waals surface area contributed by atoms with E-state index in [0.717, 1.165) is 0 Å². The van der Waals surface area contributed by atoms with E-state index in [1.807, 2.05) is 0 Å². The van der Waals surface area contributed by atoms with Gasteiger partial charge in [0, 0.05) is 12.4 Å². The van der Waals surface area contributed by atoms with Crippen LogP contribution in [0.15, 0.2) is 18.7 Å². The van der Waals surface area contributed by atoms with Crippen molar-refractivity contribution < 1.29 is 14.6 Å². The second-order valence-corrected chi connectivity index (χ2v) is 4.07. The number of nitrogens with zero attached hydrogens (tertiary/aromatic N) is 4. The highest BCUT2D eigenvalue weighted by atomic mass is 16.5. The van der Waals surface area contributed by atoms with E-state index in [0.29, 0.717) is 18.1 Å². The Bertz CT molecular complexity index is 584. The van der Waals surface area contributed by atoms with Crippen LogP contribution in [0.5, 0.6) is 0 Å². The molecule has 2 atom stereocenters. The van der Waals surface area contributed by atoms with E-state index in [1.165, 1.54) is 0 Å². The Kier molecular flexibility index (Phi) is 2.56. The quantitative estimate of drug-likeness (QED) is 0.765. The lowest BCUT2D eigenvalue weighted by Crippen LogP contribution is -2.33. The highest BCUT2D eigenvalue weighted by Gasteiger charge is 2.34. The van der Waals surface area contributed by atoms with Gasteiger partial charge in [-0.25, -0.2) is 4.98 Å². The van der Waals surface area contributed by atoms with Crippen molar-refractivity contribution in [1.82, 2.24) is 19.6 Å². The summed E-state index contributed by atoms with van der Waals surface area (Å²) in [6, 6.07) is -0.308. The normalized spacial score (nSPS) is 23.3. The van der Waals surface area contributed by atoms with E-state index < -0.39 is 11.9 Å². The number of hydrogen-bond acceptors (Lipinski definition) is 6. The minimum absolute atomic E-state index is 0.211. The molecule has 3 heterocycles. The number of carboxylic acids is 1. The Morgan fingerprint density at radius 1 is 1.56 bits per heavy atom. The van der Waals surface area contributed by atoms with Crippen molar-refractivity contribution in [2.75, 3.05) is 18.5 Å². The summed E-state index contributed by atoms with van der Waals surface area (Å²) >= 11 is 0. The molecule has 0 aliphatic carbocycles. The molecule has 1 fully saturated rings. The maximum absolute atomic E-state index is 11.0. The molecule has 94 valence electrons. The molecule has 2 N–H and O–H groups in total. The third-order valence-corrected chi connectivity index (χ3v) is 2.94. The maximum Gasteiger partial charge on any atom is 0.311 e. The van der Waals surface area contributed by atoms with Crippen LogP contribution in [0.2, 0.25) is 0 Å². The summed E-state index contributed by atoms with van der Waals surface area (Å²) in [4.78, 5) is 15.2. The molecule has 1 aliphatic heterocycles. The van der Waals surface area contributed by atoms with Crippen LogP contribution in [-0.4, -0.2) is 49.9 Å². The van der Waals surface area contributed by atoms with E-state index in [9.17, 15) is 4.79 Å². The van der Waals surface area contributed by atoms with Gasteiger partial charge in [0.05, 0.1) is 19.3 Å². The lowest BCUT2D eigenvalue weighted by atomic mass is 10.0. The number of carboxylic acid groups (broad SMARTS) is 1. The van der Waals surface area contributed by atoms with Crippen LogP contribution >= 0.6 is 0 Å². The largest absolute Gasteiger partial charge is 0.481 e. The summed E-state index contributed by atoms with van der Waals surface area (Å²) in [7, 11) is 0. The lowest BCUT2D eigenvalue weighted by molar-refractivity contribution is -0.141. The second kappa shape index (κ2) is 4.22. The first-order valence-corrected chi connectivity index (χ1v) is 5.47. The van der Waals surface area contributed by atoms with Gasteiger partial charge in [-0.2, -0.15) is 0 Å². The standard InChI is InChI=1S/C10H11N5O3/c16-10(17)6-3-18-4-7(6)13-8-9-14-12-5-15(9)2-1-11-8/h1-2,5-7H,3-4H2,(H,11,13)(H,16,17). The molecule has 0 bridgehead atoms. The van der Waals surface area contributed by atoms with Crippen molar-refractivity contribution in [1.29, 1.82) is 0 Å². The van der Waals surface area contributed by atoms with Crippen LogP contribution < -0.4 is 5.32 Å². The number of fused-ring (bicyclic) bond motifs is 1. The first-order chi connectivity index (χ1) is 8.75. The Hall–Kier alpha value is -2.22. The minimum Gasteiger partial charge on any atom is -0.481 e. The van der Waals surface area contributed by atoms with E-state index in [2.05, 4.69) is 20.5 Å². The molecule has 0 amide bonds. The third kappa shape index (κ3) is 1.76. The molecule has 0 saturated carbocycles. The van der Waals surface area contributed by atoms with Crippen LogP contribution in [0.1, 0.15) is 0 Å². The van der Waals surface area contributed by atoms with Crippen molar-refractivity contribution in [3.8, 4) is 0 Å². The molecule has 8 nitrogen and oxygen atoms in total. The summed E-state index contributed by atoms with van der Waals surface area (Å²) in [5.74, 6) is -0.940. The van der Waals surface area contributed by atoms with Crippen molar-refractivity contribution in [3.63, 3.8) is 0 Å². The molecule has 0 radical (unpaired) electrons. The number of hydrogen-bond donors (Lipinski definition) is 2. The number of ether oxygens (including phenoxy) is 1. The van der Waals surface area contributed by atoms with Crippen molar-refractivity contribution in [3.05, 3.63) is 18.7 Å². The van der Waals surface area contributed by atoms with Crippen LogP contribution in [0, 0.1) is 5.92 Å². The fourth-order valence-corrected chi connectivity index (χ4v) is 1.98. The highest BCUT2D eigenvalue weighted by molar-refractivity contribution is 5.73. The second-order valence-electron chi connectivity index (χ2n) is 4.07. The average molecular weight is 249 g/mol. The van der Waals surface area contributed by atoms with Gasteiger partial charge in [-0.1, -0.05) is 0 Å². The summed E-state index contributed by atoms with van der Waals surface area (Å²) in [5.41, 5.74) is 0.563. The van der Waals surface area contributed by atoms with Gasteiger partial charge in [-0.15, -0.1) is 10.2 Å². The van der Waals surface area contributed by atoms with E-state index >= 15 is 0 Å². The molecular formula is C10H11N5O3. The zero-order chi connectivity index (χ0) is 12.5. The SMILES string of the molecule is O=C(O)C1COCC1Nc1nccn2cnnc12. The van der Waals surface area contributed by atoms with E-state index in [4.69, 9.17) is 9.84 Å². The maximum atomic E-state index is 11.0. The Labute approximate surface area is 102 Å². The molecule has 0 aromatic carbocycles.